The van der Waals surface area contributed by atoms with E-state index in [1.54, 1.807) is 17.0 Å². The number of carbonyl (C=O) groups is 2. The predicted molar refractivity (Wildman–Crippen MR) is 95.6 cm³/mol. The highest BCUT2D eigenvalue weighted by molar-refractivity contribution is 7.89. The molecule has 2 amide bonds. The van der Waals surface area contributed by atoms with Gasteiger partial charge in [-0.2, -0.15) is 4.31 Å². The number of nitrogens with one attached hydrogen (secondary N) is 1. The molecule has 0 atom stereocenters. The van der Waals surface area contributed by atoms with E-state index in [0.29, 0.717) is 38.3 Å². The van der Waals surface area contributed by atoms with E-state index in [0.717, 1.165) is 12.8 Å². The summed E-state index contributed by atoms with van der Waals surface area (Å²) in [6, 6.07) is 6.11. The number of hydrogen-bond acceptors (Lipinski definition) is 4. The van der Waals surface area contributed by atoms with Crippen molar-refractivity contribution in [2.24, 2.45) is 0 Å². The molecule has 0 radical (unpaired) electrons. The SMILES string of the molecule is CCCCC(=O)N1CCN(S(=O)(=O)c2ccc(NC(C)=O)cc2)CC1. The fourth-order valence-corrected chi connectivity index (χ4v) is 4.15. The summed E-state index contributed by atoms with van der Waals surface area (Å²) in [6.07, 6.45) is 2.35. The van der Waals surface area contributed by atoms with Gasteiger partial charge in [-0.25, -0.2) is 8.42 Å². The normalized spacial score (nSPS) is 15.8. The molecule has 2 rings (SSSR count). The van der Waals surface area contributed by atoms with Gasteiger partial charge in [-0.3, -0.25) is 9.59 Å². The second-order valence-corrected chi connectivity index (χ2v) is 8.03. The van der Waals surface area contributed by atoms with Gasteiger partial charge in [-0.1, -0.05) is 13.3 Å². The number of hydrogen-bond donors (Lipinski definition) is 1. The van der Waals surface area contributed by atoms with E-state index >= 15 is 0 Å². The minimum Gasteiger partial charge on any atom is -0.340 e. The molecule has 1 aliphatic rings. The van der Waals surface area contributed by atoms with Crippen molar-refractivity contribution in [2.75, 3.05) is 31.5 Å². The molecule has 1 N–H and O–H groups in total. The third-order valence-corrected chi connectivity index (χ3v) is 6.06. The molecule has 1 fully saturated rings. The lowest BCUT2D eigenvalue weighted by atomic mass is 10.2. The largest absolute Gasteiger partial charge is 0.340 e. The fourth-order valence-electron chi connectivity index (χ4n) is 2.73. The molecule has 1 saturated heterocycles. The first-order chi connectivity index (χ1) is 11.8. The highest BCUT2D eigenvalue weighted by Crippen LogP contribution is 2.20. The fraction of sp³-hybridized carbons (Fsp3) is 0.529. The van der Waals surface area contributed by atoms with Crippen molar-refractivity contribution in [1.29, 1.82) is 0 Å². The minimum atomic E-state index is -3.59. The van der Waals surface area contributed by atoms with Crippen LogP contribution in [0.4, 0.5) is 5.69 Å². The Morgan fingerprint density at radius 2 is 1.68 bits per heavy atom. The van der Waals surface area contributed by atoms with E-state index < -0.39 is 10.0 Å². The molecule has 1 aromatic rings. The molecule has 138 valence electrons. The Balaban J connectivity index is 1.99. The van der Waals surface area contributed by atoms with Gasteiger partial charge in [0.15, 0.2) is 0 Å². The standard InChI is InChI=1S/C17H25N3O4S/c1-3-4-5-17(22)19-10-12-20(13-11-19)25(23,24)16-8-6-15(7-9-16)18-14(2)21/h6-9H,3-5,10-13H2,1-2H3,(H,18,21). The summed E-state index contributed by atoms with van der Waals surface area (Å²) in [6.45, 7) is 4.87. The number of amides is 2. The van der Waals surface area contributed by atoms with Crippen molar-refractivity contribution in [3.05, 3.63) is 24.3 Å². The van der Waals surface area contributed by atoms with Crippen LogP contribution in [0.25, 0.3) is 0 Å². The van der Waals surface area contributed by atoms with Crippen molar-refractivity contribution < 1.29 is 18.0 Å². The zero-order chi connectivity index (χ0) is 18.4. The number of anilines is 1. The molecular weight excluding hydrogens is 342 g/mol. The minimum absolute atomic E-state index is 0.0959. The molecular formula is C17H25N3O4S. The number of unbranched alkanes of at least 4 members (excludes halogenated alkanes) is 1. The molecule has 0 saturated carbocycles. The first kappa shape index (κ1) is 19.4. The molecule has 0 unspecified atom stereocenters. The predicted octanol–water partition coefficient (Wildman–Crippen LogP) is 1.67. The first-order valence-corrected chi connectivity index (χ1v) is 9.94. The molecule has 1 aromatic carbocycles. The molecule has 0 spiro atoms. The highest BCUT2D eigenvalue weighted by atomic mass is 32.2. The van der Waals surface area contributed by atoms with E-state index in [-0.39, 0.29) is 16.7 Å². The summed E-state index contributed by atoms with van der Waals surface area (Å²) in [7, 11) is -3.59. The van der Waals surface area contributed by atoms with Crippen LogP contribution in [-0.2, 0) is 19.6 Å². The number of benzene rings is 1. The zero-order valence-corrected chi connectivity index (χ0v) is 15.5. The van der Waals surface area contributed by atoms with Gasteiger partial charge in [0, 0.05) is 45.2 Å². The monoisotopic (exact) mass is 367 g/mol. The Labute approximate surface area is 149 Å². The molecule has 1 aliphatic heterocycles. The van der Waals surface area contributed by atoms with Gasteiger partial charge < -0.3 is 10.2 Å². The smallest absolute Gasteiger partial charge is 0.243 e. The van der Waals surface area contributed by atoms with E-state index in [9.17, 15) is 18.0 Å². The molecule has 0 bridgehead atoms. The van der Waals surface area contributed by atoms with Gasteiger partial charge in [0.25, 0.3) is 0 Å². The van der Waals surface area contributed by atoms with Gasteiger partial charge in [-0.15, -0.1) is 0 Å². The molecule has 25 heavy (non-hydrogen) atoms. The summed E-state index contributed by atoms with van der Waals surface area (Å²) < 4.78 is 26.8. The van der Waals surface area contributed by atoms with E-state index in [1.165, 1.54) is 23.4 Å². The Morgan fingerprint density at radius 1 is 1.08 bits per heavy atom. The van der Waals surface area contributed by atoms with Crippen LogP contribution in [0.3, 0.4) is 0 Å². The van der Waals surface area contributed by atoms with Crippen LogP contribution in [0.15, 0.2) is 29.2 Å². The van der Waals surface area contributed by atoms with Crippen LogP contribution in [0, 0.1) is 0 Å². The van der Waals surface area contributed by atoms with Crippen LogP contribution < -0.4 is 5.32 Å². The van der Waals surface area contributed by atoms with Crippen molar-refractivity contribution in [1.82, 2.24) is 9.21 Å². The van der Waals surface area contributed by atoms with Crippen LogP contribution in [-0.4, -0.2) is 55.6 Å². The lowest BCUT2D eigenvalue weighted by Gasteiger charge is -2.34. The average molecular weight is 367 g/mol. The van der Waals surface area contributed by atoms with Crippen molar-refractivity contribution in [3.63, 3.8) is 0 Å². The number of carbonyl (C=O) groups excluding carboxylic acids is 2. The summed E-state index contributed by atoms with van der Waals surface area (Å²) in [4.78, 5) is 25.0. The van der Waals surface area contributed by atoms with Crippen LogP contribution in [0.2, 0.25) is 0 Å². The maximum Gasteiger partial charge on any atom is 0.243 e. The van der Waals surface area contributed by atoms with E-state index in [1.807, 2.05) is 6.92 Å². The Hall–Kier alpha value is -1.93. The summed E-state index contributed by atoms with van der Waals surface area (Å²) in [5.41, 5.74) is 0.554. The van der Waals surface area contributed by atoms with Crippen molar-refractivity contribution in [3.8, 4) is 0 Å². The average Bonchev–Trinajstić information content (AvgIpc) is 2.59. The summed E-state index contributed by atoms with van der Waals surface area (Å²) >= 11 is 0. The molecule has 1 heterocycles. The molecule has 0 aliphatic carbocycles. The Morgan fingerprint density at radius 3 is 2.20 bits per heavy atom. The van der Waals surface area contributed by atoms with Crippen molar-refractivity contribution in [2.45, 2.75) is 38.0 Å². The van der Waals surface area contributed by atoms with Gasteiger partial charge in [0.1, 0.15) is 0 Å². The van der Waals surface area contributed by atoms with Gasteiger partial charge >= 0.3 is 0 Å². The maximum absolute atomic E-state index is 12.7. The maximum atomic E-state index is 12.7. The van der Waals surface area contributed by atoms with Gasteiger partial charge in [0.2, 0.25) is 21.8 Å². The number of sulfonamides is 1. The second kappa shape index (κ2) is 8.44. The van der Waals surface area contributed by atoms with Crippen LogP contribution in [0.5, 0.6) is 0 Å². The van der Waals surface area contributed by atoms with E-state index in [2.05, 4.69) is 5.32 Å². The molecule has 0 aromatic heterocycles. The molecule has 7 nitrogen and oxygen atoms in total. The second-order valence-electron chi connectivity index (χ2n) is 6.09. The quantitative estimate of drug-likeness (QED) is 0.828. The van der Waals surface area contributed by atoms with Crippen molar-refractivity contribution >= 4 is 27.5 Å². The Kier molecular flexibility index (Phi) is 6.55. The molecule has 8 heteroatoms. The lowest BCUT2D eigenvalue weighted by molar-refractivity contribution is -0.132. The lowest BCUT2D eigenvalue weighted by Crippen LogP contribution is -2.50. The number of piperazine rings is 1. The summed E-state index contributed by atoms with van der Waals surface area (Å²) in [5, 5.41) is 2.61. The summed E-state index contributed by atoms with van der Waals surface area (Å²) in [5.74, 6) is -0.113. The van der Waals surface area contributed by atoms with Crippen LogP contribution >= 0.6 is 0 Å². The Bertz CT molecular complexity index is 708. The zero-order valence-electron chi connectivity index (χ0n) is 14.7. The highest BCUT2D eigenvalue weighted by Gasteiger charge is 2.29. The number of rotatable bonds is 6. The van der Waals surface area contributed by atoms with Gasteiger partial charge in [0.05, 0.1) is 4.90 Å². The first-order valence-electron chi connectivity index (χ1n) is 8.50. The van der Waals surface area contributed by atoms with E-state index in [4.69, 9.17) is 0 Å². The van der Waals surface area contributed by atoms with Crippen LogP contribution in [0.1, 0.15) is 33.1 Å². The third-order valence-electron chi connectivity index (χ3n) is 4.15. The third kappa shape index (κ3) is 5.02. The van der Waals surface area contributed by atoms with Gasteiger partial charge in [-0.05, 0) is 30.7 Å². The topological polar surface area (TPSA) is 86.8 Å². The number of nitrogens with zero attached hydrogens (tertiary/aromatic N) is 2.